The van der Waals surface area contributed by atoms with Crippen molar-refractivity contribution in [1.29, 1.82) is 0 Å². The summed E-state index contributed by atoms with van der Waals surface area (Å²) in [6.07, 6.45) is 7.55. The Morgan fingerprint density at radius 2 is 1.50 bits per heavy atom. The van der Waals surface area contributed by atoms with Gasteiger partial charge in [0, 0.05) is 0 Å². The van der Waals surface area contributed by atoms with Crippen LogP contribution in [0.2, 0.25) is 0 Å². The van der Waals surface area contributed by atoms with Gasteiger partial charge in [-0.05, 0) is 6.42 Å². The molecule has 2 aliphatic carbocycles. The molecule has 2 aliphatic rings. The first-order valence-corrected chi connectivity index (χ1v) is 11.0. The average molecular weight is 511 g/mol. The molecule has 3 aromatic rings. The first-order chi connectivity index (χ1) is 13.7. The molecule has 3 aromatic carbocycles. The second kappa shape index (κ2) is 13.7. The topological polar surface area (TPSA) is 0 Å². The van der Waals surface area contributed by atoms with Crippen molar-refractivity contribution in [1.82, 2.24) is 0 Å². The number of benzene rings is 3. The standard InChI is InChI=1S/C13H9.C7H9.C7H6.2ClH.Zr/c1-3-7-12-10(5-1)9-11-6-2-4-8-13(11)12;1-6-3-4-7(2)5-6;1-7-5-3-2-4-6-7;;;/h1-5,7-8H,9H2;3H,4H2,1-2H3;1-6H;2*1H;/q2*-1;;;;+2/p-2. The van der Waals surface area contributed by atoms with Crippen molar-refractivity contribution in [2.75, 3.05) is 0 Å². The Labute approximate surface area is 208 Å². The SMILES string of the molecule is CC1=[C-]C(C)=CC1.[Cl-].[Cl-].[Zr+2]=[CH]c1ccccc1.[c-]1cccc2c1Cc1ccccc1-2. The monoisotopic (exact) mass is 508 g/mol. The number of fused-ring (bicyclic) bond motifs is 3. The molecular formula is C27H24Cl2Zr-2. The number of allylic oxidation sites excluding steroid dienone is 4. The summed E-state index contributed by atoms with van der Waals surface area (Å²) in [6.45, 7) is 4.18. The van der Waals surface area contributed by atoms with Gasteiger partial charge in [0.1, 0.15) is 0 Å². The first kappa shape index (κ1) is 26.5. The maximum Gasteiger partial charge on any atom is -0.0253 e. The van der Waals surface area contributed by atoms with E-state index in [1.54, 1.807) is 0 Å². The van der Waals surface area contributed by atoms with Gasteiger partial charge in [-0.25, -0.2) is 11.6 Å². The minimum atomic E-state index is 0. The summed E-state index contributed by atoms with van der Waals surface area (Å²) >= 11 is 1.46. The second-order valence-electron chi connectivity index (χ2n) is 6.95. The van der Waals surface area contributed by atoms with Crippen molar-refractivity contribution in [2.24, 2.45) is 0 Å². The van der Waals surface area contributed by atoms with Gasteiger partial charge in [-0.3, -0.25) is 6.08 Å². The van der Waals surface area contributed by atoms with Crippen LogP contribution in [0.3, 0.4) is 0 Å². The zero-order chi connectivity index (χ0) is 19.8. The molecule has 0 amide bonds. The maximum absolute atomic E-state index is 3.30. The Balaban J connectivity index is 0.000000233. The molecule has 0 nitrogen and oxygen atoms in total. The van der Waals surface area contributed by atoms with E-state index in [-0.39, 0.29) is 24.8 Å². The zero-order valence-electron chi connectivity index (χ0n) is 17.3. The van der Waals surface area contributed by atoms with Gasteiger partial charge in [0.2, 0.25) is 0 Å². The fourth-order valence-corrected chi connectivity index (χ4v) is 3.76. The third kappa shape index (κ3) is 7.62. The summed E-state index contributed by atoms with van der Waals surface area (Å²) in [5.41, 5.74) is 9.48. The smallest absolute Gasteiger partial charge is 0.0253 e. The molecule has 30 heavy (non-hydrogen) atoms. The van der Waals surface area contributed by atoms with E-state index < -0.39 is 0 Å². The number of halogens is 2. The third-order valence-electron chi connectivity index (χ3n) is 4.71. The molecule has 152 valence electrons. The molecule has 0 unspecified atom stereocenters. The van der Waals surface area contributed by atoms with Crippen LogP contribution in [0.4, 0.5) is 0 Å². The molecule has 0 bridgehead atoms. The van der Waals surface area contributed by atoms with Crippen LogP contribution in [-0.2, 0) is 30.7 Å². The van der Waals surface area contributed by atoms with Crippen LogP contribution in [-0.4, -0.2) is 3.71 Å². The zero-order valence-corrected chi connectivity index (χ0v) is 21.2. The predicted octanol–water partition coefficient (Wildman–Crippen LogP) is 0.536. The molecule has 0 saturated heterocycles. The number of rotatable bonds is 1. The summed E-state index contributed by atoms with van der Waals surface area (Å²) in [7, 11) is 0. The van der Waals surface area contributed by atoms with Gasteiger partial charge in [0.05, 0.1) is 0 Å². The molecule has 0 fully saturated rings. The van der Waals surface area contributed by atoms with Crippen molar-refractivity contribution in [2.45, 2.75) is 26.7 Å². The quantitative estimate of drug-likeness (QED) is 0.328. The normalized spacial score (nSPS) is 12.1. The van der Waals surface area contributed by atoms with Gasteiger partial charge in [0.15, 0.2) is 0 Å². The van der Waals surface area contributed by atoms with E-state index >= 15 is 0 Å². The first-order valence-electron chi connectivity index (χ1n) is 9.57. The van der Waals surface area contributed by atoms with Crippen LogP contribution in [0.1, 0.15) is 37.0 Å². The summed E-state index contributed by atoms with van der Waals surface area (Å²) in [6, 6.07) is 28.5. The van der Waals surface area contributed by atoms with E-state index in [1.807, 2.05) is 12.1 Å². The maximum atomic E-state index is 3.30. The fourth-order valence-electron chi connectivity index (χ4n) is 3.29. The van der Waals surface area contributed by atoms with E-state index in [1.165, 1.54) is 63.2 Å². The van der Waals surface area contributed by atoms with Crippen LogP contribution in [0, 0.1) is 12.1 Å². The summed E-state index contributed by atoms with van der Waals surface area (Å²) in [5.74, 6) is 0. The molecule has 0 aromatic heterocycles. The third-order valence-corrected chi connectivity index (χ3v) is 5.53. The Morgan fingerprint density at radius 3 is 2.07 bits per heavy atom. The summed E-state index contributed by atoms with van der Waals surface area (Å²) in [5, 5.41) is 0. The van der Waals surface area contributed by atoms with Crippen molar-refractivity contribution in [3.8, 4) is 11.1 Å². The molecule has 5 rings (SSSR count). The average Bonchev–Trinajstić information content (AvgIpc) is 3.31. The second-order valence-corrected chi connectivity index (χ2v) is 7.66. The Hall–Kier alpha value is -1.53. The van der Waals surface area contributed by atoms with Crippen molar-refractivity contribution >= 4 is 3.71 Å². The summed E-state index contributed by atoms with van der Waals surface area (Å²) < 4.78 is 2.17. The predicted molar refractivity (Wildman–Crippen MR) is 116 cm³/mol. The largest absolute Gasteiger partial charge is 0.179 e. The summed E-state index contributed by atoms with van der Waals surface area (Å²) in [4.78, 5) is 0. The van der Waals surface area contributed by atoms with Gasteiger partial charge in [-0.2, -0.15) is 35.4 Å². The van der Waals surface area contributed by atoms with Gasteiger partial charge >= 0.3 is 63.8 Å². The van der Waals surface area contributed by atoms with Gasteiger partial charge in [-0.15, -0.1) is 5.56 Å². The molecule has 0 spiro atoms. The van der Waals surface area contributed by atoms with E-state index in [0.29, 0.717) is 0 Å². The molecule has 0 atom stereocenters. The van der Waals surface area contributed by atoms with Crippen molar-refractivity contribution < 1.29 is 49.0 Å². The van der Waals surface area contributed by atoms with Crippen molar-refractivity contribution in [3.63, 3.8) is 0 Å². The molecular weight excluding hydrogens is 486 g/mol. The van der Waals surface area contributed by atoms with Crippen LogP contribution < -0.4 is 24.8 Å². The molecule has 0 saturated carbocycles. The Kier molecular flexibility index (Phi) is 12.1. The van der Waals surface area contributed by atoms with Crippen molar-refractivity contribution in [3.05, 3.63) is 119 Å². The minimum absolute atomic E-state index is 0. The van der Waals surface area contributed by atoms with Crippen LogP contribution >= 0.6 is 0 Å². The van der Waals surface area contributed by atoms with E-state index in [9.17, 15) is 0 Å². The molecule has 0 aliphatic heterocycles. The van der Waals surface area contributed by atoms with Gasteiger partial charge in [-0.1, -0.05) is 55.7 Å². The van der Waals surface area contributed by atoms with Gasteiger partial charge < -0.3 is 24.8 Å². The molecule has 0 N–H and O–H groups in total. The Morgan fingerprint density at radius 1 is 0.833 bits per heavy atom. The fraction of sp³-hybridized carbons (Fsp3) is 0.148. The van der Waals surface area contributed by atoms with Crippen LogP contribution in [0.15, 0.2) is 90.0 Å². The molecule has 0 heterocycles. The van der Waals surface area contributed by atoms with E-state index in [2.05, 4.69) is 96.4 Å². The molecule has 3 heteroatoms. The molecule has 0 radical (unpaired) electrons. The van der Waals surface area contributed by atoms with Crippen LogP contribution in [0.5, 0.6) is 0 Å². The van der Waals surface area contributed by atoms with E-state index in [4.69, 9.17) is 0 Å². The Bertz CT molecular complexity index is 961. The van der Waals surface area contributed by atoms with Crippen LogP contribution in [0.25, 0.3) is 11.1 Å². The van der Waals surface area contributed by atoms with E-state index in [0.717, 1.165) is 12.8 Å². The number of hydrogen-bond acceptors (Lipinski definition) is 0. The number of hydrogen-bond donors (Lipinski definition) is 0. The minimum Gasteiger partial charge on any atom is -0.179 e. The van der Waals surface area contributed by atoms with Gasteiger partial charge in [0.25, 0.3) is 0 Å².